The van der Waals surface area contributed by atoms with Gasteiger partial charge >= 0.3 is 0 Å². The van der Waals surface area contributed by atoms with E-state index in [1.54, 1.807) is 19.5 Å². The summed E-state index contributed by atoms with van der Waals surface area (Å²) in [6.45, 7) is 1.28. The molecule has 5 heteroatoms. The first kappa shape index (κ1) is 10.2. The highest BCUT2D eigenvalue weighted by atomic mass is 35.5. The maximum absolute atomic E-state index is 5.50. The molecule has 1 heterocycles. The quantitative estimate of drug-likeness (QED) is 0.537. The minimum Gasteiger partial charge on any atom is -0.490 e. The van der Waals surface area contributed by atoms with E-state index < -0.39 is 0 Å². The third-order valence-electron chi connectivity index (χ3n) is 1.36. The van der Waals surface area contributed by atoms with Crippen LogP contribution in [0.15, 0.2) is 12.4 Å². The third-order valence-corrected chi connectivity index (χ3v) is 1.55. The first-order valence-corrected chi connectivity index (χ1v) is 4.30. The van der Waals surface area contributed by atoms with Crippen molar-refractivity contribution in [3.05, 3.63) is 17.7 Å². The number of aromatic nitrogens is 2. The smallest absolute Gasteiger partial charge is 0.222 e. The van der Waals surface area contributed by atoms with E-state index in [1.165, 1.54) is 0 Å². The van der Waals surface area contributed by atoms with Crippen LogP contribution in [-0.4, -0.2) is 30.3 Å². The first-order valence-electron chi connectivity index (χ1n) is 3.92. The summed E-state index contributed by atoms with van der Waals surface area (Å²) in [5, 5.41) is 0.226. The number of hydrogen-bond donors (Lipinski definition) is 0. The van der Waals surface area contributed by atoms with Crippen molar-refractivity contribution < 1.29 is 9.47 Å². The average Bonchev–Trinajstić information content (AvgIpc) is 2.15. The summed E-state index contributed by atoms with van der Waals surface area (Å²) in [7, 11) is 1.66. The van der Waals surface area contributed by atoms with E-state index in [4.69, 9.17) is 21.1 Å². The molecule has 4 nitrogen and oxygen atoms in total. The van der Waals surface area contributed by atoms with Gasteiger partial charge in [-0.1, -0.05) is 0 Å². The van der Waals surface area contributed by atoms with Crippen LogP contribution in [0.25, 0.3) is 0 Å². The average molecular weight is 203 g/mol. The Morgan fingerprint density at radius 1 is 1.31 bits per heavy atom. The Morgan fingerprint density at radius 2 is 2.00 bits per heavy atom. The normalized spacial score (nSPS) is 10.0. The van der Waals surface area contributed by atoms with E-state index in [-0.39, 0.29) is 5.28 Å². The molecule has 1 aromatic heterocycles. The van der Waals surface area contributed by atoms with Gasteiger partial charge < -0.3 is 9.47 Å². The van der Waals surface area contributed by atoms with Gasteiger partial charge in [-0.3, -0.25) is 0 Å². The summed E-state index contributed by atoms with van der Waals surface area (Å²) in [6, 6.07) is 0. The molecule has 0 aliphatic rings. The van der Waals surface area contributed by atoms with Crippen LogP contribution < -0.4 is 4.74 Å². The van der Waals surface area contributed by atoms with Crippen LogP contribution in [0.1, 0.15) is 6.42 Å². The molecule has 0 fully saturated rings. The molecule has 1 rings (SSSR count). The minimum atomic E-state index is 0.226. The van der Waals surface area contributed by atoms with E-state index >= 15 is 0 Å². The zero-order valence-electron chi connectivity index (χ0n) is 7.36. The molecule has 0 aromatic carbocycles. The maximum Gasteiger partial charge on any atom is 0.222 e. The highest BCUT2D eigenvalue weighted by molar-refractivity contribution is 6.28. The fourth-order valence-corrected chi connectivity index (χ4v) is 0.866. The van der Waals surface area contributed by atoms with E-state index in [9.17, 15) is 0 Å². The number of nitrogens with zero attached hydrogens (tertiary/aromatic N) is 2. The largest absolute Gasteiger partial charge is 0.490 e. The molecule has 0 radical (unpaired) electrons. The molecule has 0 amide bonds. The maximum atomic E-state index is 5.50. The molecular weight excluding hydrogens is 192 g/mol. The molecule has 0 aliphatic heterocycles. The Morgan fingerprint density at radius 3 is 2.62 bits per heavy atom. The number of rotatable bonds is 5. The summed E-state index contributed by atoms with van der Waals surface area (Å²) in [4.78, 5) is 7.55. The second-order valence-electron chi connectivity index (χ2n) is 2.38. The molecule has 72 valence electrons. The fourth-order valence-electron chi connectivity index (χ4n) is 0.768. The first-order chi connectivity index (χ1) is 6.33. The van der Waals surface area contributed by atoms with Crippen LogP contribution in [0, 0.1) is 0 Å². The van der Waals surface area contributed by atoms with Crippen molar-refractivity contribution >= 4 is 11.6 Å². The molecule has 13 heavy (non-hydrogen) atoms. The lowest BCUT2D eigenvalue weighted by atomic mass is 10.5. The predicted molar refractivity (Wildman–Crippen MR) is 49.0 cm³/mol. The number of ether oxygens (including phenoxy) is 2. The van der Waals surface area contributed by atoms with Crippen molar-refractivity contribution in [2.75, 3.05) is 20.3 Å². The molecule has 1 aromatic rings. The molecule has 0 unspecified atom stereocenters. The van der Waals surface area contributed by atoms with Gasteiger partial charge in [0.15, 0.2) is 5.75 Å². The summed E-state index contributed by atoms with van der Waals surface area (Å²) in [5.74, 6) is 0.625. The van der Waals surface area contributed by atoms with Gasteiger partial charge in [0.25, 0.3) is 0 Å². The van der Waals surface area contributed by atoms with Crippen LogP contribution in [-0.2, 0) is 4.74 Å². The summed E-state index contributed by atoms with van der Waals surface area (Å²) < 4.78 is 10.2. The number of hydrogen-bond acceptors (Lipinski definition) is 4. The molecule has 0 spiro atoms. The second-order valence-corrected chi connectivity index (χ2v) is 2.72. The summed E-state index contributed by atoms with van der Waals surface area (Å²) >= 11 is 5.50. The van der Waals surface area contributed by atoms with Gasteiger partial charge in [0.05, 0.1) is 19.0 Å². The van der Waals surface area contributed by atoms with Crippen LogP contribution in [0.3, 0.4) is 0 Å². The van der Waals surface area contributed by atoms with Gasteiger partial charge in [0, 0.05) is 20.1 Å². The van der Waals surface area contributed by atoms with Crippen molar-refractivity contribution in [3.8, 4) is 5.75 Å². The van der Waals surface area contributed by atoms with Gasteiger partial charge in [0.1, 0.15) is 0 Å². The summed E-state index contributed by atoms with van der Waals surface area (Å²) in [5.41, 5.74) is 0. The predicted octanol–water partition coefficient (Wildman–Crippen LogP) is 1.55. The van der Waals surface area contributed by atoms with Gasteiger partial charge in [-0.2, -0.15) is 0 Å². The van der Waals surface area contributed by atoms with Crippen molar-refractivity contribution in [2.24, 2.45) is 0 Å². The Bertz CT molecular complexity index is 240. The van der Waals surface area contributed by atoms with Crippen LogP contribution in [0.5, 0.6) is 5.75 Å². The second kappa shape index (κ2) is 5.72. The SMILES string of the molecule is COCCCOc1cnc(Cl)nc1. The van der Waals surface area contributed by atoms with Crippen molar-refractivity contribution in [3.63, 3.8) is 0 Å². The Labute approximate surface area is 81.9 Å². The molecule has 0 aliphatic carbocycles. The molecule has 0 atom stereocenters. The molecule has 0 N–H and O–H groups in total. The van der Waals surface area contributed by atoms with Gasteiger partial charge in [0.2, 0.25) is 5.28 Å². The van der Waals surface area contributed by atoms with Crippen LogP contribution in [0.4, 0.5) is 0 Å². The third kappa shape index (κ3) is 4.05. The number of methoxy groups -OCH3 is 1. The molecule has 0 bridgehead atoms. The standard InChI is InChI=1S/C8H11ClN2O2/c1-12-3-2-4-13-7-5-10-8(9)11-6-7/h5-6H,2-4H2,1H3. The molecular formula is C8H11ClN2O2. The van der Waals surface area contributed by atoms with Crippen LogP contribution >= 0.6 is 11.6 Å². The van der Waals surface area contributed by atoms with E-state index in [2.05, 4.69) is 9.97 Å². The van der Waals surface area contributed by atoms with E-state index in [0.717, 1.165) is 6.42 Å². The lowest BCUT2D eigenvalue weighted by molar-refractivity contribution is 0.172. The summed E-state index contributed by atoms with van der Waals surface area (Å²) in [6.07, 6.45) is 3.93. The number of halogens is 1. The van der Waals surface area contributed by atoms with Crippen molar-refractivity contribution in [1.82, 2.24) is 9.97 Å². The lowest BCUT2D eigenvalue weighted by Crippen LogP contribution is -2.01. The van der Waals surface area contributed by atoms with Gasteiger partial charge in [-0.25, -0.2) is 9.97 Å². The zero-order chi connectivity index (χ0) is 9.52. The topological polar surface area (TPSA) is 44.2 Å². The molecule has 0 saturated carbocycles. The minimum absolute atomic E-state index is 0.226. The van der Waals surface area contributed by atoms with E-state index in [0.29, 0.717) is 19.0 Å². The highest BCUT2D eigenvalue weighted by Crippen LogP contribution is 2.08. The monoisotopic (exact) mass is 202 g/mol. The fraction of sp³-hybridized carbons (Fsp3) is 0.500. The highest BCUT2D eigenvalue weighted by Gasteiger charge is 1.95. The zero-order valence-corrected chi connectivity index (χ0v) is 8.12. The van der Waals surface area contributed by atoms with E-state index in [1.807, 2.05) is 0 Å². The van der Waals surface area contributed by atoms with Gasteiger partial charge in [-0.05, 0) is 11.6 Å². The Kier molecular flexibility index (Phi) is 4.49. The van der Waals surface area contributed by atoms with Crippen molar-refractivity contribution in [2.45, 2.75) is 6.42 Å². The van der Waals surface area contributed by atoms with Gasteiger partial charge in [-0.15, -0.1) is 0 Å². The van der Waals surface area contributed by atoms with Crippen molar-refractivity contribution in [1.29, 1.82) is 0 Å². The Balaban J connectivity index is 2.25. The van der Waals surface area contributed by atoms with Crippen LogP contribution in [0.2, 0.25) is 5.28 Å². The Hall–Kier alpha value is -0.870. The lowest BCUT2D eigenvalue weighted by Gasteiger charge is -2.03. The molecule has 0 saturated heterocycles.